The predicted octanol–water partition coefficient (Wildman–Crippen LogP) is 0.0472. The van der Waals surface area contributed by atoms with Crippen LogP contribution in [0.1, 0.15) is 13.3 Å². The minimum absolute atomic E-state index is 0.135. The van der Waals surface area contributed by atoms with Crippen molar-refractivity contribution in [3.8, 4) is 0 Å². The minimum atomic E-state index is -2.89. The van der Waals surface area contributed by atoms with Crippen molar-refractivity contribution in [2.24, 2.45) is 0 Å². The summed E-state index contributed by atoms with van der Waals surface area (Å²) in [6.45, 7) is 3.95. The summed E-state index contributed by atoms with van der Waals surface area (Å²) in [5, 5.41) is 3.08. The fraction of sp³-hybridized carbons (Fsp3) is 1.00. The molecule has 0 aromatic carbocycles. The van der Waals surface area contributed by atoms with Gasteiger partial charge in [0, 0.05) is 7.11 Å². The third-order valence-electron chi connectivity index (χ3n) is 1.66. The van der Waals surface area contributed by atoms with Gasteiger partial charge in [-0.15, -0.1) is 0 Å². The molecule has 0 spiro atoms. The van der Waals surface area contributed by atoms with Gasteiger partial charge in [-0.05, 0) is 19.5 Å². The van der Waals surface area contributed by atoms with Crippen molar-refractivity contribution >= 4 is 9.84 Å². The van der Waals surface area contributed by atoms with E-state index in [0.717, 1.165) is 13.1 Å². The lowest BCUT2D eigenvalue weighted by atomic mass is 10.5. The first-order chi connectivity index (χ1) is 6.12. The monoisotopic (exact) mass is 209 g/mol. The second kappa shape index (κ2) is 7.29. The summed E-state index contributed by atoms with van der Waals surface area (Å²) in [5.74, 6) is 0.388. The zero-order valence-electron chi connectivity index (χ0n) is 8.38. The van der Waals surface area contributed by atoms with Crippen molar-refractivity contribution in [1.29, 1.82) is 0 Å². The van der Waals surface area contributed by atoms with E-state index in [-0.39, 0.29) is 11.5 Å². The highest BCUT2D eigenvalue weighted by Gasteiger charge is 2.08. The molecule has 0 radical (unpaired) electrons. The van der Waals surface area contributed by atoms with Crippen LogP contribution in [0.4, 0.5) is 0 Å². The molecule has 5 heteroatoms. The van der Waals surface area contributed by atoms with Crippen molar-refractivity contribution in [1.82, 2.24) is 5.32 Å². The Hall–Kier alpha value is -0.130. The van der Waals surface area contributed by atoms with Crippen LogP contribution in [0.25, 0.3) is 0 Å². The predicted molar refractivity (Wildman–Crippen MR) is 53.7 cm³/mol. The first kappa shape index (κ1) is 12.9. The van der Waals surface area contributed by atoms with Crippen LogP contribution in [0.2, 0.25) is 0 Å². The first-order valence-electron chi connectivity index (χ1n) is 4.52. The molecule has 0 amide bonds. The molecule has 4 nitrogen and oxygen atoms in total. The first-order valence-corrected chi connectivity index (χ1v) is 6.34. The van der Waals surface area contributed by atoms with E-state index >= 15 is 0 Å². The van der Waals surface area contributed by atoms with Gasteiger partial charge in [-0.3, -0.25) is 0 Å². The summed E-state index contributed by atoms with van der Waals surface area (Å²) in [4.78, 5) is 0. The van der Waals surface area contributed by atoms with E-state index in [1.165, 1.54) is 7.11 Å². The van der Waals surface area contributed by atoms with Gasteiger partial charge >= 0.3 is 0 Å². The fourth-order valence-corrected chi connectivity index (χ4v) is 2.12. The van der Waals surface area contributed by atoms with E-state index < -0.39 is 9.84 Å². The molecule has 0 heterocycles. The molecular formula is C8H19NO3S. The largest absolute Gasteiger partial charge is 0.384 e. The van der Waals surface area contributed by atoms with Crippen LogP contribution in [-0.4, -0.2) is 46.7 Å². The van der Waals surface area contributed by atoms with Gasteiger partial charge in [-0.2, -0.15) is 0 Å². The summed E-state index contributed by atoms with van der Waals surface area (Å²) in [7, 11) is -1.38. The normalized spacial score (nSPS) is 11.8. The zero-order valence-corrected chi connectivity index (χ0v) is 9.19. The standard InChI is InChI=1S/C8H19NO3S/c1-3-9-5-4-7-13(10,11)8-6-12-2/h9H,3-8H2,1-2H3. The molecule has 0 fully saturated rings. The molecule has 80 valence electrons. The van der Waals surface area contributed by atoms with Crippen LogP contribution < -0.4 is 5.32 Å². The smallest absolute Gasteiger partial charge is 0.152 e. The topological polar surface area (TPSA) is 55.4 Å². The maximum absolute atomic E-state index is 11.2. The van der Waals surface area contributed by atoms with Gasteiger partial charge in [0.05, 0.1) is 18.1 Å². The SMILES string of the molecule is CCNCCCS(=O)(=O)CCOC. The second-order valence-electron chi connectivity index (χ2n) is 2.85. The zero-order chi connectivity index (χ0) is 10.2. The lowest BCUT2D eigenvalue weighted by Gasteiger charge is -2.03. The molecule has 0 aliphatic heterocycles. The summed E-state index contributed by atoms with van der Waals surface area (Å²) in [5.41, 5.74) is 0. The van der Waals surface area contributed by atoms with Crippen LogP contribution >= 0.6 is 0 Å². The Morgan fingerprint density at radius 3 is 2.54 bits per heavy atom. The highest BCUT2D eigenvalue weighted by Crippen LogP contribution is 1.93. The Kier molecular flexibility index (Phi) is 7.22. The molecule has 0 rings (SSSR count). The Balaban J connectivity index is 3.52. The van der Waals surface area contributed by atoms with Crippen LogP contribution in [-0.2, 0) is 14.6 Å². The van der Waals surface area contributed by atoms with Crippen molar-refractivity contribution in [3.63, 3.8) is 0 Å². The number of ether oxygens (including phenoxy) is 1. The molecule has 0 aromatic rings. The van der Waals surface area contributed by atoms with E-state index in [1.807, 2.05) is 6.92 Å². The number of nitrogens with one attached hydrogen (secondary N) is 1. The number of methoxy groups -OCH3 is 1. The van der Waals surface area contributed by atoms with Crippen LogP contribution in [0, 0.1) is 0 Å². The molecule has 0 aliphatic carbocycles. The Morgan fingerprint density at radius 1 is 1.31 bits per heavy atom. The minimum Gasteiger partial charge on any atom is -0.384 e. The van der Waals surface area contributed by atoms with Crippen molar-refractivity contribution in [3.05, 3.63) is 0 Å². The maximum Gasteiger partial charge on any atom is 0.152 e. The van der Waals surface area contributed by atoms with E-state index in [0.29, 0.717) is 13.0 Å². The van der Waals surface area contributed by atoms with Crippen LogP contribution in [0.5, 0.6) is 0 Å². The lowest BCUT2D eigenvalue weighted by molar-refractivity contribution is 0.217. The average Bonchev–Trinajstić information content (AvgIpc) is 2.09. The molecule has 0 bridgehead atoms. The molecule has 0 atom stereocenters. The summed E-state index contributed by atoms with van der Waals surface area (Å²) < 4.78 is 27.2. The fourth-order valence-electron chi connectivity index (χ4n) is 0.906. The van der Waals surface area contributed by atoms with E-state index in [4.69, 9.17) is 4.74 Å². The second-order valence-corrected chi connectivity index (χ2v) is 5.16. The van der Waals surface area contributed by atoms with Gasteiger partial charge in [0.1, 0.15) is 0 Å². The molecule has 0 aromatic heterocycles. The molecule has 0 saturated carbocycles. The lowest BCUT2D eigenvalue weighted by Crippen LogP contribution is -2.20. The highest BCUT2D eigenvalue weighted by atomic mass is 32.2. The van der Waals surface area contributed by atoms with Crippen molar-refractivity contribution in [2.45, 2.75) is 13.3 Å². The number of sulfone groups is 1. The Labute approximate surface area is 80.6 Å². The molecule has 0 unspecified atom stereocenters. The Bertz CT molecular complexity index is 201. The highest BCUT2D eigenvalue weighted by molar-refractivity contribution is 7.91. The van der Waals surface area contributed by atoms with Crippen LogP contribution in [0.3, 0.4) is 0 Å². The number of hydrogen-bond donors (Lipinski definition) is 1. The summed E-state index contributed by atoms with van der Waals surface area (Å²) >= 11 is 0. The third-order valence-corrected chi connectivity index (χ3v) is 3.36. The average molecular weight is 209 g/mol. The van der Waals surface area contributed by atoms with E-state index in [1.54, 1.807) is 0 Å². The van der Waals surface area contributed by atoms with Crippen molar-refractivity contribution < 1.29 is 13.2 Å². The van der Waals surface area contributed by atoms with Crippen molar-refractivity contribution in [2.75, 3.05) is 38.3 Å². The Morgan fingerprint density at radius 2 is 2.00 bits per heavy atom. The van der Waals surface area contributed by atoms with E-state index in [2.05, 4.69) is 5.32 Å². The quantitative estimate of drug-likeness (QED) is 0.574. The number of hydrogen-bond acceptors (Lipinski definition) is 4. The maximum atomic E-state index is 11.2. The molecule has 13 heavy (non-hydrogen) atoms. The molecule has 0 saturated heterocycles. The molecule has 1 N–H and O–H groups in total. The number of rotatable bonds is 8. The summed E-state index contributed by atoms with van der Waals surface area (Å²) in [6.07, 6.45) is 0.680. The molecule has 0 aliphatic rings. The van der Waals surface area contributed by atoms with Gasteiger partial charge < -0.3 is 10.1 Å². The summed E-state index contributed by atoms with van der Waals surface area (Å²) in [6, 6.07) is 0. The van der Waals surface area contributed by atoms with Crippen LogP contribution in [0.15, 0.2) is 0 Å². The van der Waals surface area contributed by atoms with Gasteiger partial charge in [-0.1, -0.05) is 6.92 Å². The van der Waals surface area contributed by atoms with E-state index in [9.17, 15) is 8.42 Å². The third kappa shape index (κ3) is 8.21. The van der Waals surface area contributed by atoms with Gasteiger partial charge in [-0.25, -0.2) is 8.42 Å². The molecular weight excluding hydrogens is 190 g/mol. The van der Waals surface area contributed by atoms with Gasteiger partial charge in [0.15, 0.2) is 9.84 Å². The van der Waals surface area contributed by atoms with Gasteiger partial charge in [0.2, 0.25) is 0 Å². The van der Waals surface area contributed by atoms with Gasteiger partial charge in [0.25, 0.3) is 0 Å².